The summed E-state index contributed by atoms with van der Waals surface area (Å²) in [7, 11) is 0. The molecule has 2 aromatic rings. The number of rotatable bonds is 7. The molecule has 1 heterocycles. The van der Waals surface area contributed by atoms with Gasteiger partial charge in [-0.2, -0.15) is 0 Å². The van der Waals surface area contributed by atoms with E-state index in [-0.39, 0.29) is 48.5 Å². The number of imide groups is 1. The van der Waals surface area contributed by atoms with E-state index in [0.717, 1.165) is 12.0 Å². The van der Waals surface area contributed by atoms with Crippen LogP contribution in [0, 0.1) is 35.5 Å². The van der Waals surface area contributed by atoms with Crippen molar-refractivity contribution in [2.75, 3.05) is 11.9 Å². The van der Waals surface area contributed by atoms with Crippen molar-refractivity contribution in [3.63, 3.8) is 0 Å². The lowest BCUT2D eigenvalue weighted by atomic mass is 9.63. The summed E-state index contributed by atoms with van der Waals surface area (Å²) in [4.78, 5) is 54.2. The van der Waals surface area contributed by atoms with Crippen LogP contribution in [0.1, 0.15) is 29.3 Å². The first-order chi connectivity index (χ1) is 17.5. The molecule has 7 rings (SSSR count). The number of benzene rings is 2. The predicted octanol–water partition coefficient (Wildman–Crippen LogP) is 3.47. The molecule has 5 aliphatic rings. The lowest BCUT2D eigenvalue weighted by molar-refractivity contribution is -0.146. The second-order valence-corrected chi connectivity index (χ2v) is 10.2. The number of carbonyl (C=O) groups excluding carboxylic acids is 4. The van der Waals surface area contributed by atoms with Gasteiger partial charge in [0, 0.05) is 12.1 Å². The van der Waals surface area contributed by atoms with Gasteiger partial charge in [0.1, 0.15) is 6.04 Å². The highest BCUT2D eigenvalue weighted by Gasteiger charge is 2.67. The maximum absolute atomic E-state index is 13.7. The fourth-order valence-corrected chi connectivity index (χ4v) is 6.56. The minimum Gasteiger partial charge on any atom is -0.462 e. The summed E-state index contributed by atoms with van der Waals surface area (Å²) in [6.45, 7) is 2.01. The molecule has 2 aromatic carbocycles. The largest absolute Gasteiger partial charge is 0.462 e. The summed E-state index contributed by atoms with van der Waals surface area (Å²) in [5, 5.41) is 2.86. The third-order valence-electron chi connectivity index (χ3n) is 8.25. The van der Waals surface area contributed by atoms with Gasteiger partial charge >= 0.3 is 5.97 Å². The van der Waals surface area contributed by atoms with E-state index in [0.29, 0.717) is 23.1 Å². The SMILES string of the molecule is CCOC(=O)c1ccc(NC(=O)[C@@H](Cc2ccccc2)N2C(=O)[C@@H]3[C@@H]4C=C[C@H]([C@H]5C[C@H]45)[C@@H]3C2=O)cc1. The molecular formula is C29H28N2O5. The average Bonchev–Trinajstić information content (AvgIpc) is 3.67. The highest BCUT2D eigenvalue weighted by molar-refractivity contribution is 6.10. The van der Waals surface area contributed by atoms with Gasteiger partial charge in [0.2, 0.25) is 17.7 Å². The quantitative estimate of drug-likeness (QED) is 0.369. The van der Waals surface area contributed by atoms with Crippen molar-refractivity contribution in [1.29, 1.82) is 0 Å². The van der Waals surface area contributed by atoms with E-state index in [2.05, 4.69) is 17.5 Å². The summed E-state index contributed by atoms with van der Waals surface area (Å²) < 4.78 is 5.01. The molecule has 7 heteroatoms. The van der Waals surface area contributed by atoms with Crippen LogP contribution in [0.3, 0.4) is 0 Å². The Balaban J connectivity index is 1.27. The van der Waals surface area contributed by atoms with Gasteiger partial charge in [0.05, 0.1) is 24.0 Å². The molecule has 3 fully saturated rings. The van der Waals surface area contributed by atoms with E-state index >= 15 is 0 Å². The number of esters is 1. The van der Waals surface area contributed by atoms with Crippen LogP contribution in [-0.4, -0.2) is 41.2 Å². The number of hydrogen-bond donors (Lipinski definition) is 1. The predicted molar refractivity (Wildman–Crippen MR) is 132 cm³/mol. The van der Waals surface area contributed by atoms with Gasteiger partial charge in [-0.25, -0.2) is 4.79 Å². The second-order valence-electron chi connectivity index (χ2n) is 10.2. The monoisotopic (exact) mass is 484 g/mol. The van der Waals surface area contributed by atoms with Gasteiger partial charge in [-0.05, 0) is 66.8 Å². The number of amides is 3. The molecule has 36 heavy (non-hydrogen) atoms. The van der Waals surface area contributed by atoms with Gasteiger partial charge in [-0.1, -0.05) is 42.5 Å². The van der Waals surface area contributed by atoms with Gasteiger partial charge in [0.15, 0.2) is 0 Å². The number of nitrogens with one attached hydrogen (secondary N) is 1. The van der Waals surface area contributed by atoms with Gasteiger partial charge in [0.25, 0.3) is 0 Å². The second kappa shape index (κ2) is 8.73. The van der Waals surface area contributed by atoms with Crippen LogP contribution >= 0.6 is 0 Å². The van der Waals surface area contributed by atoms with Crippen LogP contribution in [-0.2, 0) is 25.5 Å². The van der Waals surface area contributed by atoms with Gasteiger partial charge in [-0.15, -0.1) is 0 Å². The van der Waals surface area contributed by atoms with E-state index < -0.39 is 17.9 Å². The van der Waals surface area contributed by atoms with E-state index in [1.54, 1.807) is 31.2 Å². The van der Waals surface area contributed by atoms with Crippen LogP contribution in [0.5, 0.6) is 0 Å². The molecular weight excluding hydrogens is 456 g/mol. The zero-order valence-electron chi connectivity index (χ0n) is 20.0. The Kier molecular flexibility index (Phi) is 5.51. The van der Waals surface area contributed by atoms with Crippen LogP contribution in [0.4, 0.5) is 5.69 Å². The van der Waals surface area contributed by atoms with Crippen LogP contribution in [0.2, 0.25) is 0 Å². The van der Waals surface area contributed by atoms with E-state index in [4.69, 9.17) is 4.74 Å². The van der Waals surface area contributed by atoms with Crippen molar-refractivity contribution in [3.8, 4) is 0 Å². The summed E-state index contributed by atoms with van der Waals surface area (Å²) in [6, 6.07) is 14.9. The van der Waals surface area contributed by atoms with E-state index in [1.165, 1.54) is 4.90 Å². The Hall–Kier alpha value is -3.74. The first-order valence-corrected chi connectivity index (χ1v) is 12.6. The summed E-state index contributed by atoms with van der Waals surface area (Å²) in [5.41, 5.74) is 1.73. The van der Waals surface area contributed by atoms with Crippen molar-refractivity contribution in [3.05, 3.63) is 77.9 Å². The number of allylic oxidation sites excluding steroid dienone is 2. The smallest absolute Gasteiger partial charge is 0.338 e. The number of likely N-dealkylation sites (tertiary alicyclic amines) is 1. The van der Waals surface area contributed by atoms with Crippen molar-refractivity contribution in [2.24, 2.45) is 35.5 Å². The minimum atomic E-state index is -0.960. The highest BCUT2D eigenvalue weighted by Crippen LogP contribution is 2.65. The molecule has 1 saturated heterocycles. The van der Waals surface area contributed by atoms with Crippen LogP contribution < -0.4 is 5.32 Å². The number of hydrogen-bond acceptors (Lipinski definition) is 5. The van der Waals surface area contributed by atoms with Crippen molar-refractivity contribution in [1.82, 2.24) is 4.90 Å². The van der Waals surface area contributed by atoms with E-state index in [1.807, 2.05) is 30.3 Å². The maximum atomic E-state index is 13.7. The van der Waals surface area contributed by atoms with Crippen molar-refractivity contribution in [2.45, 2.75) is 25.8 Å². The normalized spacial score (nSPS) is 30.0. The molecule has 184 valence electrons. The Labute approximate surface area is 209 Å². The molecule has 0 radical (unpaired) electrons. The molecule has 2 saturated carbocycles. The molecule has 1 aliphatic heterocycles. The number of ether oxygens (including phenoxy) is 1. The fourth-order valence-electron chi connectivity index (χ4n) is 6.56. The molecule has 4 aliphatic carbocycles. The van der Waals surface area contributed by atoms with Gasteiger partial charge in [-0.3, -0.25) is 19.3 Å². The molecule has 0 aromatic heterocycles. The minimum absolute atomic E-state index is 0.0994. The zero-order chi connectivity index (χ0) is 25.0. The third kappa shape index (κ3) is 3.65. The molecule has 0 spiro atoms. The van der Waals surface area contributed by atoms with Crippen molar-refractivity contribution < 1.29 is 23.9 Å². The lowest BCUT2D eigenvalue weighted by Crippen LogP contribution is -2.49. The number of anilines is 1. The number of nitrogens with zero attached hydrogens (tertiary/aromatic N) is 1. The zero-order valence-corrected chi connectivity index (χ0v) is 20.0. The Morgan fingerprint density at radius 2 is 1.56 bits per heavy atom. The Bertz CT molecular complexity index is 1220. The van der Waals surface area contributed by atoms with Crippen LogP contribution in [0.25, 0.3) is 0 Å². The van der Waals surface area contributed by atoms with Crippen molar-refractivity contribution >= 4 is 29.4 Å². The molecule has 2 bridgehead atoms. The molecule has 0 unspecified atom stereocenters. The summed E-state index contributed by atoms with van der Waals surface area (Å²) >= 11 is 0. The Morgan fingerprint density at radius 3 is 2.14 bits per heavy atom. The van der Waals surface area contributed by atoms with E-state index in [9.17, 15) is 19.2 Å². The first-order valence-electron chi connectivity index (χ1n) is 12.6. The maximum Gasteiger partial charge on any atom is 0.338 e. The standard InChI is InChI=1S/C29H28N2O5/c1-2-36-29(35)17-8-10-18(11-9-17)30-26(32)23(14-16-6-4-3-5-7-16)31-27(33)24-19-12-13-20(22-15-21(19)22)25(24)28(31)34/h3-13,19-25H,2,14-15H2,1H3,(H,30,32)/t19-,20-,21-,22-,23-,24-,25+/m1/s1. The highest BCUT2D eigenvalue weighted by atomic mass is 16.5. The molecule has 7 atom stereocenters. The van der Waals surface area contributed by atoms with Gasteiger partial charge < -0.3 is 10.1 Å². The topological polar surface area (TPSA) is 92.8 Å². The molecule has 1 N–H and O–H groups in total. The fraction of sp³-hybridized carbons (Fsp3) is 0.379. The first kappa shape index (κ1) is 22.7. The van der Waals surface area contributed by atoms with Crippen LogP contribution in [0.15, 0.2) is 66.7 Å². The molecule has 7 nitrogen and oxygen atoms in total. The Morgan fingerprint density at radius 1 is 0.944 bits per heavy atom. The third-order valence-corrected chi connectivity index (χ3v) is 8.25. The summed E-state index contributed by atoms with van der Waals surface area (Å²) in [5.74, 6) is -0.813. The molecule has 3 amide bonds. The number of carbonyl (C=O) groups is 4. The summed E-state index contributed by atoms with van der Waals surface area (Å²) in [6.07, 6.45) is 5.59. The average molecular weight is 485 g/mol. The lowest BCUT2D eigenvalue weighted by Gasteiger charge is -2.37.